The van der Waals surface area contributed by atoms with E-state index < -0.39 is 5.92 Å². The summed E-state index contributed by atoms with van der Waals surface area (Å²) in [5.74, 6) is 0.713. The topological polar surface area (TPSA) is 99.5 Å². The summed E-state index contributed by atoms with van der Waals surface area (Å²) in [6.07, 6.45) is 0. The minimum atomic E-state index is -0.684. The highest BCUT2D eigenvalue weighted by Crippen LogP contribution is 2.42. The van der Waals surface area contributed by atoms with Crippen LogP contribution in [0.1, 0.15) is 27.6 Å². The van der Waals surface area contributed by atoms with E-state index in [2.05, 4.69) is 6.07 Å². The number of hydrogen-bond acceptors (Lipinski definition) is 7. The van der Waals surface area contributed by atoms with E-state index >= 15 is 0 Å². The highest BCUT2D eigenvalue weighted by atomic mass is 32.1. The van der Waals surface area contributed by atoms with Gasteiger partial charge in [0.05, 0.1) is 32.2 Å². The molecule has 7 nitrogen and oxygen atoms in total. The van der Waals surface area contributed by atoms with Gasteiger partial charge < -0.3 is 24.5 Å². The van der Waals surface area contributed by atoms with Crippen LogP contribution < -0.4 is 25.5 Å². The molecule has 0 saturated heterocycles. The Kier molecular flexibility index (Phi) is 5.44. The Morgan fingerprint density at radius 2 is 2.00 bits per heavy atom. The van der Waals surface area contributed by atoms with Crippen LogP contribution in [0.15, 0.2) is 58.0 Å². The molecule has 0 aliphatic carbocycles. The van der Waals surface area contributed by atoms with Crippen molar-refractivity contribution in [3.8, 4) is 23.3 Å². The zero-order valence-electron chi connectivity index (χ0n) is 17.3. The number of fused-ring (bicyclic) bond motifs is 1. The number of aromatic nitrogens is 1. The fourth-order valence-electron chi connectivity index (χ4n) is 3.81. The van der Waals surface area contributed by atoms with E-state index in [1.165, 1.54) is 7.11 Å². The van der Waals surface area contributed by atoms with Gasteiger partial charge in [-0.15, -0.1) is 11.3 Å². The van der Waals surface area contributed by atoms with Gasteiger partial charge in [0.25, 0.3) is 5.56 Å². The molecule has 2 aromatic heterocycles. The average Bonchev–Trinajstić information content (AvgIpc) is 3.28. The first kappa shape index (κ1) is 20.6. The number of ether oxygens (including phenoxy) is 3. The third kappa shape index (κ3) is 3.53. The summed E-state index contributed by atoms with van der Waals surface area (Å²) in [5, 5.41) is 11.8. The van der Waals surface area contributed by atoms with Crippen molar-refractivity contribution in [3.05, 3.63) is 85.3 Å². The first-order valence-corrected chi connectivity index (χ1v) is 10.4. The standard InChI is InChI=1S/C23H21N3O4S/c1-13-9-19-21(23(27)26(13)12-15-5-4-8-31-15)20(16(11-24)22(25)30-19)14-6-7-17(28-2)18(10-14)29-3/h4-10,20H,12,25H2,1-3H3/t20-/m0/s1. The van der Waals surface area contributed by atoms with Crippen LogP contribution >= 0.6 is 11.3 Å². The summed E-state index contributed by atoms with van der Waals surface area (Å²) in [6, 6.07) is 13.2. The monoisotopic (exact) mass is 435 g/mol. The van der Waals surface area contributed by atoms with Gasteiger partial charge in [0, 0.05) is 16.6 Å². The number of thiophene rings is 1. The van der Waals surface area contributed by atoms with Gasteiger partial charge in [-0.2, -0.15) is 5.26 Å². The van der Waals surface area contributed by atoms with Crippen molar-refractivity contribution in [1.29, 1.82) is 5.26 Å². The maximum absolute atomic E-state index is 13.6. The lowest BCUT2D eigenvalue weighted by atomic mass is 9.84. The largest absolute Gasteiger partial charge is 0.493 e. The molecule has 0 unspecified atom stereocenters. The van der Waals surface area contributed by atoms with E-state index in [9.17, 15) is 10.1 Å². The number of nitrogens with zero attached hydrogens (tertiary/aromatic N) is 2. The van der Waals surface area contributed by atoms with Crippen molar-refractivity contribution in [3.63, 3.8) is 0 Å². The Balaban J connectivity index is 1.94. The van der Waals surface area contributed by atoms with Crippen LogP contribution in [0.2, 0.25) is 0 Å². The molecule has 0 spiro atoms. The Morgan fingerprint density at radius 3 is 2.65 bits per heavy atom. The minimum absolute atomic E-state index is 0.00964. The Morgan fingerprint density at radius 1 is 1.23 bits per heavy atom. The molecule has 0 saturated carbocycles. The molecule has 8 heteroatoms. The lowest BCUT2D eigenvalue weighted by Crippen LogP contribution is -2.32. The molecule has 31 heavy (non-hydrogen) atoms. The molecule has 1 aliphatic rings. The second-order valence-electron chi connectivity index (χ2n) is 7.07. The minimum Gasteiger partial charge on any atom is -0.493 e. The fraction of sp³-hybridized carbons (Fsp3) is 0.217. The Labute approximate surface area is 183 Å². The number of pyridine rings is 1. The number of rotatable bonds is 5. The van der Waals surface area contributed by atoms with Gasteiger partial charge in [-0.05, 0) is 36.1 Å². The van der Waals surface area contributed by atoms with Gasteiger partial charge in [0.1, 0.15) is 17.4 Å². The molecule has 158 valence electrons. The second-order valence-corrected chi connectivity index (χ2v) is 8.11. The third-order valence-corrected chi connectivity index (χ3v) is 6.19. The average molecular weight is 436 g/mol. The van der Waals surface area contributed by atoms with E-state index in [1.54, 1.807) is 47.3 Å². The highest BCUT2D eigenvalue weighted by molar-refractivity contribution is 7.09. The molecule has 0 bridgehead atoms. The smallest absolute Gasteiger partial charge is 0.259 e. The summed E-state index contributed by atoms with van der Waals surface area (Å²) in [5.41, 5.74) is 7.85. The van der Waals surface area contributed by atoms with E-state index in [0.29, 0.717) is 34.9 Å². The van der Waals surface area contributed by atoms with E-state index in [4.69, 9.17) is 19.9 Å². The van der Waals surface area contributed by atoms with Gasteiger partial charge >= 0.3 is 0 Å². The van der Waals surface area contributed by atoms with Gasteiger partial charge in [-0.25, -0.2) is 0 Å². The van der Waals surface area contributed by atoms with Crippen molar-refractivity contribution in [2.24, 2.45) is 5.73 Å². The molecule has 0 amide bonds. The number of benzene rings is 1. The van der Waals surface area contributed by atoms with Crippen molar-refractivity contribution < 1.29 is 14.2 Å². The first-order valence-electron chi connectivity index (χ1n) is 9.54. The van der Waals surface area contributed by atoms with Crippen LogP contribution in [0.3, 0.4) is 0 Å². The van der Waals surface area contributed by atoms with Crippen LogP contribution in [-0.2, 0) is 6.54 Å². The maximum atomic E-state index is 13.6. The lowest BCUT2D eigenvalue weighted by molar-refractivity contribution is 0.354. The third-order valence-electron chi connectivity index (χ3n) is 5.32. The van der Waals surface area contributed by atoms with Gasteiger partial charge in [-0.3, -0.25) is 4.79 Å². The van der Waals surface area contributed by atoms with Crippen molar-refractivity contribution >= 4 is 11.3 Å². The van der Waals surface area contributed by atoms with Crippen LogP contribution in [0.4, 0.5) is 0 Å². The molecule has 1 atom stereocenters. The zero-order chi connectivity index (χ0) is 22.1. The van der Waals surface area contributed by atoms with Gasteiger partial charge in [0.2, 0.25) is 5.88 Å². The van der Waals surface area contributed by atoms with E-state index in [1.807, 2.05) is 24.4 Å². The van der Waals surface area contributed by atoms with Crippen molar-refractivity contribution in [2.45, 2.75) is 19.4 Å². The molecular weight excluding hydrogens is 414 g/mol. The molecule has 3 aromatic rings. The van der Waals surface area contributed by atoms with Gasteiger partial charge in [0.15, 0.2) is 11.5 Å². The molecule has 1 aliphatic heterocycles. The number of nitriles is 1. The lowest BCUT2D eigenvalue weighted by Gasteiger charge is -2.27. The number of nitrogens with two attached hydrogens (primary N) is 1. The van der Waals surface area contributed by atoms with Crippen LogP contribution in [0.5, 0.6) is 17.2 Å². The molecule has 0 radical (unpaired) electrons. The summed E-state index contributed by atoms with van der Waals surface area (Å²) >= 11 is 1.58. The molecule has 2 N–H and O–H groups in total. The van der Waals surface area contributed by atoms with Crippen molar-refractivity contribution in [1.82, 2.24) is 4.57 Å². The summed E-state index contributed by atoms with van der Waals surface area (Å²) in [6.45, 7) is 2.29. The molecule has 0 fully saturated rings. The Hall–Kier alpha value is -3.70. The van der Waals surface area contributed by atoms with Crippen molar-refractivity contribution in [2.75, 3.05) is 14.2 Å². The predicted octanol–water partition coefficient (Wildman–Crippen LogP) is 3.50. The highest BCUT2D eigenvalue weighted by Gasteiger charge is 2.34. The van der Waals surface area contributed by atoms with Gasteiger partial charge in [-0.1, -0.05) is 12.1 Å². The summed E-state index contributed by atoms with van der Waals surface area (Å²) in [7, 11) is 3.08. The predicted molar refractivity (Wildman–Crippen MR) is 118 cm³/mol. The van der Waals surface area contributed by atoms with E-state index in [0.717, 1.165) is 10.6 Å². The Bertz CT molecular complexity index is 1270. The zero-order valence-corrected chi connectivity index (χ0v) is 18.2. The molecule has 1 aromatic carbocycles. The first-order chi connectivity index (χ1) is 15.0. The normalized spacial score (nSPS) is 15.1. The number of aryl methyl sites for hydroxylation is 1. The fourth-order valence-corrected chi connectivity index (χ4v) is 4.50. The number of hydrogen-bond donors (Lipinski definition) is 1. The number of allylic oxidation sites excluding steroid dienone is 1. The quantitative estimate of drug-likeness (QED) is 0.658. The SMILES string of the molecule is COc1ccc([C@H]2C(C#N)=C(N)Oc3cc(C)n(Cc4cccs4)c(=O)c32)cc1OC. The molecular formula is C23H21N3O4S. The second kappa shape index (κ2) is 8.20. The van der Waals surface area contributed by atoms with Crippen LogP contribution in [0, 0.1) is 18.3 Å². The maximum Gasteiger partial charge on any atom is 0.259 e. The molecule has 4 rings (SSSR count). The molecule has 3 heterocycles. The van der Waals surface area contributed by atoms with E-state index in [-0.39, 0.29) is 17.0 Å². The van der Waals surface area contributed by atoms with Crippen LogP contribution in [0.25, 0.3) is 0 Å². The summed E-state index contributed by atoms with van der Waals surface area (Å²) in [4.78, 5) is 14.7. The van der Waals surface area contributed by atoms with Crippen LogP contribution in [-0.4, -0.2) is 18.8 Å². The number of methoxy groups -OCH3 is 2. The summed E-state index contributed by atoms with van der Waals surface area (Å²) < 4.78 is 18.2.